The van der Waals surface area contributed by atoms with Crippen LogP contribution in [0.2, 0.25) is 0 Å². The van der Waals surface area contributed by atoms with Crippen LogP contribution in [0.15, 0.2) is 24.3 Å². The van der Waals surface area contributed by atoms with Crippen LogP contribution in [0.5, 0.6) is 0 Å². The van der Waals surface area contributed by atoms with Gasteiger partial charge in [0.25, 0.3) is 0 Å². The average Bonchev–Trinajstić information content (AvgIpc) is 1.86. The summed E-state index contributed by atoms with van der Waals surface area (Å²) >= 11 is 16.9. The van der Waals surface area contributed by atoms with E-state index in [1.807, 2.05) is 0 Å². The summed E-state index contributed by atoms with van der Waals surface area (Å²) < 4.78 is 12.5. The summed E-state index contributed by atoms with van der Waals surface area (Å²) in [5, 5.41) is 0.475. The summed E-state index contributed by atoms with van der Waals surface area (Å²) in [6.07, 6.45) is 0. The van der Waals surface area contributed by atoms with Gasteiger partial charge in [0.2, 0.25) is 0 Å². The third-order valence-electron chi connectivity index (χ3n) is 1.15. The summed E-state index contributed by atoms with van der Waals surface area (Å²) in [6, 6.07) is 2.82. The van der Waals surface area contributed by atoms with Gasteiger partial charge in [0.1, 0.15) is 5.82 Å². The zero-order chi connectivity index (χ0) is 8.48. The molecule has 1 aromatic rings. The van der Waals surface area contributed by atoms with Crippen molar-refractivity contribution in [2.75, 3.05) is 0 Å². The van der Waals surface area contributed by atoms with Gasteiger partial charge in [-0.05, 0) is 17.3 Å². The minimum Gasteiger partial charge on any atom is -0.207 e. The van der Waals surface area contributed by atoms with E-state index in [2.05, 4.69) is 0 Å². The highest BCUT2D eigenvalue weighted by Crippen LogP contribution is 2.19. The molecule has 1 rings (SSSR count). The number of benzene rings is 1. The van der Waals surface area contributed by atoms with Crippen molar-refractivity contribution < 1.29 is 4.39 Å². The van der Waals surface area contributed by atoms with Crippen molar-refractivity contribution in [1.29, 1.82) is 0 Å². The lowest BCUT2D eigenvalue weighted by Crippen LogP contribution is -2.29. The Kier molecular flexibility index (Phi) is 2.81. The molecule has 0 amide bonds. The van der Waals surface area contributed by atoms with E-state index in [1.165, 1.54) is 18.2 Å². The molecule has 0 spiro atoms. The highest BCUT2D eigenvalue weighted by molar-refractivity contribution is 7.69. The van der Waals surface area contributed by atoms with Crippen molar-refractivity contribution in [1.82, 2.24) is 0 Å². The lowest BCUT2D eigenvalue weighted by atomic mass is 10.3. The highest BCUT2D eigenvalue weighted by atomic mass is 35.8. The van der Waals surface area contributed by atoms with Crippen molar-refractivity contribution >= 4 is 44.4 Å². The van der Waals surface area contributed by atoms with E-state index in [-0.39, 0.29) is 5.82 Å². The molecule has 1 aromatic carbocycles. The van der Waals surface area contributed by atoms with Crippen LogP contribution >= 0.6 is 33.2 Å². The Morgan fingerprint density at radius 2 is 1.82 bits per heavy atom. The number of hydrogen-bond acceptors (Lipinski definition) is 0. The Balaban J connectivity index is 3.06. The Hall–Kier alpha value is 0.237. The number of halogens is 4. The second-order valence-electron chi connectivity index (χ2n) is 2.01. The van der Waals surface area contributed by atoms with Gasteiger partial charge in [0, 0.05) is 0 Å². The van der Waals surface area contributed by atoms with E-state index >= 15 is 0 Å². The molecule has 0 bridgehead atoms. The maximum Gasteiger partial charge on any atom is 0.373 e. The van der Waals surface area contributed by atoms with Crippen LogP contribution in [0.3, 0.4) is 0 Å². The first kappa shape index (κ1) is 9.33. The molecule has 0 aliphatic heterocycles. The van der Waals surface area contributed by atoms with E-state index in [4.69, 9.17) is 33.2 Å². The molecule has 0 aliphatic rings. The first-order valence-electron chi connectivity index (χ1n) is 2.83. The van der Waals surface area contributed by atoms with Crippen molar-refractivity contribution in [3.05, 3.63) is 30.1 Å². The fraction of sp³-hybridized carbons (Fsp3) is 0. The molecule has 0 nitrogen and oxygen atoms in total. The summed E-state index contributed by atoms with van der Waals surface area (Å²) in [7, 11) is 0. The van der Waals surface area contributed by atoms with Crippen LogP contribution in [0.25, 0.3) is 0 Å². The SMILES string of the molecule is Fc1cccc([Si](Cl)(Cl)Cl)c1. The predicted octanol–water partition coefficient (Wildman–Crippen LogP) is 2.69. The number of hydrogen-bond donors (Lipinski definition) is 0. The van der Waals surface area contributed by atoms with Gasteiger partial charge < -0.3 is 0 Å². The van der Waals surface area contributed by atoms with Gasteiger partial charge in [-0.3, -0.25) is 0 Å². The first-order valence-corrected chi connectivity index (χ1v) is 7.86. The van der Waals surface area contributed by atoms with Crippen LogP contribution in [-0.2, 0) is 0 Å². The molecule has 60 valence electrons. The third kappa shape index (κ3) is 2.63. The molecule has 0 saturated heterocycles. The molecular weight excluding hydrogens is 226 g/mol. The van der Waals surface area contributed by atoms with E-state index in [0.29, 0.717) is 5.19 Å². The lowest BCUT2D eigenvalue weighted by Gasteiger charge is -2.06. The molecule has 11 heavy (non-hydrogen) atoms. The maximum atomic E-state index is 12.5. The number of rotatable bonds is 1. The summed E-state index contributed by atoms with van der Waals surface area (Å²) in [5.74, 6) is -0.374. The van der Waals surface area contributed by atoms with Gasteiger partial charge in [-0.15, -0.1) is 33.2 Å². The molecule has 0 aromatic heterocycles. The van der Waals surface area contributed by atoms with E-state index in [1.54, 1.807) is 6.07 Å². The van der Waals surface area contributed by atoms with Crippen LogP contribution in [0.1, 0.15) is 0 Å². The maximum absolute atomic E-state index is 12.5. The highest BCUT2D eigenvalue weighted by Gasteiger charge is 2.27. The largest absolute Gasteiger partial charge is 0.373 e. The zero-order valence-electron chi connectivity index (χ0n) is 5.32. The molecule has 0 radical (unpaired) electrons. The summed E-state index contributed by atoms with van der Waals surface area (Å²) in [5.41, 5.74) is 0. The van der Waals surface area contributed by atoms with Crippen LogP contribution in [0, 0.1) is 5.82 Å². The minimum absolute atomic E-state index is 0.374. The fourth-order valence-corrected chi connectivity index (χ4v) is 2.31. The molecule has 5 heteroatoms. The van der Waals surface area contributed by atoms with Crippen LogP contribution in [0.4, 0.5) is 4.39 Å². The van der Waals surface area contributed by atoms with Crippen LogP contribution < -0.4 is 5.19 Å². The Bertz CT molecular complexity index is 258. The average molecular weight is 230 g/mol. The second-order valence-corrected chi connectivity index (χ2v) is 10.4. The monoisotopic (exact) mass is 228 g/mol. The molecule has 0 saturated carbocycles. The second kappa shape index (κ2) is 3.31. The van der Waals surface area contributed by atoms with Gasteiger partial charge in [0.05, 0.1) is 0 Å². The van der Waals surface area contributed by atoms with Gasteiger partial charge in [-0.1, -0.05) is 12.1 Å². The minimum atomic E-state index is -2.89. The van der Waals surface area contributed by atoms with Gasteiger partial charge in [-0.25, -0.2) is 4.39 Å². The van der Waals surface area contributed by atoms with Crippen molar-refractivity contribution in [3.8, 4) is 0 Å². The zero-order valence-corrected chi connectivity index (χ0v) is 8.59. The van der Waals surface area contributed by atoms with E-state index in [0.717, 1.165) is 0 Å². The molecule has 0 aliphatic carbocycles. The lowest BCUT2D eigenvalue weighted by molar-refractivity contribution is 0.629. The van der Waals surface area contributed by atoms with Gasteiger partial charge >= 0.3 is 6.00 Å². The Labute approximate surface area is 79.0 Å². The van der Waals surface area contributed by atoms with Gasteiger partial charge in [0.15, 0.2) is 0 Å². The van der Waals surface area contributed by atoms with Crippen molar-refractivity contribution in [2.45, 2.75) is 0 Å². The summed E-state index contributed by atoms with van der Waals surface area (Å²) in [6.45, 7) is 0. The molecule has 0 unspecified atom stereocenters. The predicted molar refractivity (Wildman–Crippen MR) is 49.3 cm³/mol. The molecule has 0 atom stereocenters. The quantitative estimate of drug-likeness (QED) is 0.513. The van der Waals surface area contributed by atoms with Crippen molar-refractivity contribution in [3.63, 3.8) is 0 Å². The van der Waals surface area contributed by atoms with E-state index < -0.39 is 6.00 Å². The first-order chi connectivity index (χ1) is 5.00. The molecule has 0 fully saturated rings. The smallest absolute Gasteiger partial charge is 0.207 e. The Morgan fingerprint density at radius 1 is 1.18 bits per heavy atom. The normalized spacial score (nSPS) is 11.6. The van der Waals surface area contributed by atoms with Gasteiger partial charge in [-0.2, -0.15) is 0 Å². The Morgan fingerprint density at radius 3 is 2.18 bits per heavy atom. The fourth-order valence-electron chi connectivity index (χ4n) is 0.665. The molecule has 0 heterocycles. The molecule has 0 N–H and O–H groups in total. The topological polar surface area (TPSA) is 0 Å². The van der Waals surface area contributed by atoms with E-state index in [9.17, 15) is 4.39 Å². The summed E-state index contributed by atoms with van der Waals surface area (Å²) in [4.78, 5) is 0. The standard InChI is InChI=1S/C6H4Cl3FSi/c7-11(8,9)6-3-1-2-5(10)4-6/h1-4H. The van der Waals surface area contributed by atoms with Crippen molar-refractivity contribution in [2.24, 2.45) is 0 Å². The third-order valence-corrected chi connectivity index (χ3v) is 4.08. The van der Waals surface area contributed by atoms with Crippen LogP contribution in [-0.4, -0.2) is 6.00 Å². The molecular formula is C6H4Cl3FSi.